The fourth-order valence-corrected chi connectivity index (χ4v) is 1.33. The first-order valence-corrected chi connectivity index (χ1v) is 5.66. The maximum Gasteiger partial charge on any atom is 0.157 e. The first-order chi connectivity index (χ1) is 8.52. The molecule has 0 aromatic heterocycles. The second kappa shape index (κ2) is 6.49. The lowest BCUT2D eigenvalue weighted by Gasteiger charge is -1.99. The quantitative estimate of drug-likeness (QED) is 0.550. The molecule has 1 rings (SSSR count). The fourth-order valence-electron chi connectivity index (χ4n) is 1.33. The minimum absolute atomic E-state index is 0.0348. The SMILES string of the molecule is C/C=C(\N)CCC(=O)/C=C/c1ccc(O)c(O)c1. The van der Waals surface area contributed by atoms with Crippen molar-refractivity contribution < 1.29 is 15.0 Å². The third kappa shape index (κ3) is 4.33. The zero-order valence-electron chi connectivity index (χ0n) is 10.3. The lowest BCUT2D eigenvalue weighted by molar-refractivity contribution is -0.114. The Bertz CT molecular complexity index is 490. The van der Waals surface area contributed by atoms with Crippen LogP contribution in [-0.2, 0) is 4.79 Å². The van der Waals surface area contributed by atoms with E-state index in [2.05, 4.69) is 0 Å². The van der Waals surface area contributed by atoms with Crippen LogP contribution in [0, 0.1) is 0 Å². The van der Waals surface area contributed by atoms with Gasteiger partial charge in [0.1, 0.15) is 0 Å². The number of nitrogens with two attached hydrogens (primary N) is 1. The Labute approximate surface area is 106 Å². The Balaban J connectivity index is 2.58. The van der Waals surface area contributed by atoms with Crippen LogP contribution in [0.25, 0.3) is 6.08 Å². The number of benzene rings is 1. The number of phenolic OH excluding ortho intramolecular Hbond substituents is 2. The van der Waals surface area contributed by atoms with Crippen molar-refractivity contribution in [3.63, 3.8) is 0 Å². The smallest absolute Gasteiger partial charge is 0.157 e. The highest BCUT2D eigenvalue weighted by Crippen LogP contribution is 2.25. The van der Waals surface area contributed by atoms with E-state index in [1.807, 2.05) is 6.92 Å². The third-order valence-electron chi connectivity index (χ3n) is 2.49. The number of carbonyl (C=O) groups excluding carboxylic acids is 1. The molecule has 0 aliphatic carbocycles. The number of allylic oxidation sites excluding steroid dienone is 3. The van der Waals surface area contributed by atoms with E-state index in [1.165, 1.54) is 18.2 Å². The van der Waals surface area contributed by atoms with E-state index in [9.17, 15) is 9.90 Å². The number of hydrogen-bond acceptors (Lipinski definition) is 4. The molecule has 0 atom stereocenters. The molecule has 1 aromatic carbocycles. The Kier molecular flexibility index (Phi) is 4.99. The summed E-state index contributed by atoms with van der Waals surface area (Å²) >= 11 is 0. The molecule has 4 N–H and O–H groups in total. The number of aromatic hydroxyl groups is 2. The number of phenols is 2. The minimum Gasteiger partial charge on any atom is -0.504 e. The summed E-state index contributed by atoms with van der Waals surface area (Å²) in [5.41, 5.74) is 6.93. The van der Waals surface area contributed by atoms with Crippen LogP contribution in [0.2, 0.25) is 0 Å². The van der Waals surface area contributed by atoms with Gasteiger partial charge in [0.25, 0.3) is 0 Å². The van der Waals surface area contributed by atoms with Crippen molar-refractivity contribution in [1.29, 1.82) is 0 Å². The largest absolute Gasteiger partial charge is 0.504 e. The molecule has 4 nitrogen and oxygen atoms in total. The molecule has 0 bridgehead atoms. The van der Waals surface area contributed by atoms with Crippen molar-refractivity contribution in [2.24, 2.45) is 5.73 Å². The van der Waals surface area contributed by atoms with Gasteiger partial charge in [-0.25, -0.2) is 0 Å². The average Bonchev–Trinajstić information content (AvgIpc) is 2.37. The highest BCUT2D eigenvalue weighted by atomic mass is 16.3. The highest BCUT2D eigenvalue weighted by molar-refractivity contribution is 5.93. The Hall–Kier alpha value is -2.23. The highest BCUT2D eigenvalue weighted by Gasteiger charge is 2.00. The summed E-state index contributed by atoms with van der Waals surface area (Å²) in [7, 11) is 0. The lowest BCUT2D eigenvalue weighted by Crippen LogP contribution is -2.00. The van der Waals surface area contributed by atoms with E-state index >= 15 is 0 Å². The van der Waals surface area contributed by atoms with Gasteiger partial charge in [0, 0.05) is 12.1 Å². The van der Waals surface area contributed by atoms with Gasteiger partial charge < -0.3 is 15.9 Å². The summed E-state index contributed by atoms with van der Waals surface area (Å²) in [6.45, 7) is 1.83. The molecule has 4 heteroatoms. The zero-order chi connectivity index (χ0) is 13.5. The van der Waals surface area contributed by atoms with E-state index in [-0.39, 0.29) is 17.3 Å². The molecule has 0 aliphatic heterocycles. The van der Waals surface area contributed by atoms with E-state index in [0.29, 0.717) is 24.1 Å². The van der Waals surface area contributed by atoms with Gasteiger partial charge in [-0.1, -0.05) is 18.2 Å². The molecule has 0 amide bonds. The summed E-state index contributed by atoms with van der Waals surface area (Å²) in [6.07, 6.45) is 5.70. The van der Waals surface area contributed by atoms with E-state index < -0.39 is 0 Å². The monoisotopic (exact) mass is 247 g/mol. The van der Waals surface area contributed by atoms with Crippen molar-refractivity contribution in [3.8, 4) is 11.5 Å². The van der Waals surface area contributed by atoms with Gasteiger partial charge in [0.15, 0.2) is 17.3 Å². The summed E-state index contributed by atoms with van der Waals surface area (Å²) < 4.78 is 0. The van der Waals surface area contributed by atoms with Crippen LogP contribution in [0.3, 0.4) is 0 Å². The second-order valence-corrected chi connectivity index (χ2v) is 3.91. The fraction of sp³-hybridized carbons (Fsp3) is 0.214. The van der Waals surface area contributed by atoms with Gasteiger partial charge in [0.05, 0.1) is 0 Å². The maximum atomic E-state index is 11.5. The summed E-state index contributed by atoms with van der Waals surface area (Å²) in [5, 5.41) is 18.4. The predicted octanol–water partition coefficient (Wildman–Crippen LogP) is 2.32. The zero-order valence-corrected chi connectivity index (χ0v) is 10.3. The number of ketones is 1. The van der Waals surface area contributed by atoms with Crippen molar-refractivity contribution in [2.75, 3.05) is 0 Å². The van der Waals surface area contributed by atoms with Crippen molar-refractivity contribution in [1.82, 2.24) is 0 Å². The first kappa shape index (κ1) is 13.8. The van der Waals surface area contributed by atoms with Gasteiger partial charge in [-0.15, -0.1) is 0 Å². The van der Waals surface area contributed by atoms with Crippen molar-refractivity contribution >= 4 is 11.9 Å². The topological polar surface area (TPSA) is 83.6 Å². The molecule has 1 aromatic rings. The van der Waals surface area contributed by atoms with Gasteiger partial charge in [-0.3, -0.25) is 4.79 Å². The Morgan fingerprint density at radius 1 is 1.28 bits per heavy atom. The molecule has 0 saturated carbocycles. The van der Waals surface area contributed by atoms with Crippen LogP contribution >= 0.6 is 0 Å². The first-order valence-electron chi connectivity index (χ1n) is 5.66. The number of hydrogen-bond donors (Lipinski definition) is 3. The molecule has 0 unspecified atom stereocenters. The normalized spacial score (nSPS) is 11.9. The molecule has 18 heavy (non-hydrogen) atoms. The Morgan fingerprint density at radius 2 is 2.00 bits per heavy atom. The average molecular weight is 247 g/mol. The number of carbonyl (C=O) groups is 1. The molecule has 0 fully saturated rings. The van der Waals surface area contributed by atoms with E-state index in [4.69, 9.17) is 10.8 Å². The molecule has 0 spiro atoms. The van der Waals surface area contributed by atoms with E-state index in [1.54, 1.807) is 18.2 Å². The minimum atomic E-state index is -0.206. The third-order valence-corrected chi connectivity index (χ3v) is 2.49. The van der Waals surface area contributed by atoms with Gasteiger partial charge in [-0.2, -0.15) is 0 Å². The van der Waals surface area contributed by atoms with Crippen LogP contribution < -0.4 is 5.73 Å². The standard InChI is InChI=1S/C14H17NO3/c1-2-11(15)5-7-12(16)6-3-10-4-8-13(17)14(18)9-10/h2-4,6,8-9,17-18H,5,7,15H2,1H3/b6-3+,11-2-. The van der Waals surface area contributed by atoms with Gasteiger partial charge >= 0.3 is 0 Å². The number of rotatable bonds is 5. The van der Waals surface area contributed by atoms with Crippen LogP contribution in [0.4, 0.5) is 0 Å². The molecular weight excluding hydrogens is 230 g/mol. The second-order valence-electron chi connectivity index (χ2n) is 3.91. The predicted molar refractivity (Wildman–Crippen MR) is 71.0 cm³/mol. The van der Waals surface area contributed by atoms with Crippen LogP contribution in [0.15, 0.2) is 36.0 Å². The van der Waals surface area contributed by atoms with Crippen LogP contribution in [0.1, 0.15) is 25.3 Å². The van der Waals surface area contributed by atoms with Crippen molar-refractivity contribution in [2.45, 2.75) is 19.8 Å². The Morgan fingerprint density at radius 3 is 2.61 bits per heavy atom. The summed E-state index contributed by atoms with van der Waals surface area (Å²) in [4.78, 5) is 11.5. The molecular formula is C14H17NO3. The summed E-state index contributed by atoms with van der Waals surface area (Å²) in [6, 6.07) is 4.37. The molecule has 0 aliphatic rings. The summed E-state index contributed by atoms with van der Waals surface area (Å²) in [5.74, 6) is -0.422. The molecule has 96 valence electrons. The van der Waals surface area contributed by atoms with Gasteiger partial charge in [0.2, 0.25) is 0 Å². The lowest BCUT2D eigenvalue weighted by atomic mass is 10.1. The van der Waals surface area contributed by atoms with Gasteiger partial charge in [-0.05, 0) is 37.1 Å². The van der Waals surface area contributed by atoms with E-state index in [0.717, 1.165) is 0 Å². The molecule has 0 saturated heterocycles. The van der Waals surface area contributed by atoms with Crippen molar-refractivity contribution in [3.05, 3.63) is 41.6 Å². The molecule has 0 radical (unpaired) electrons. The van der Waals surface area contributed by atoms with Crippen LogP contribution in [0.5, 0.6) is 11.5 Å². The molecule has 0 heterocycles. The van der Waals surface area contributed by atoms with Crippen LogP contribution in [-0.4, -0.2) is 16.0 Å². The maximum absolute atomic E-state index is 11.5.